The molecule has 0 aromatic carbocycles. The highest BCUT2D eigenvalue weighted by Gasteiger charge is 2.26. The van der Waals surface area contributed by atoms with Crippen molar-refractivity contribution in [2.75, 3.05) is 13.2 Å². The summed E-state index contributed by atoms with van der Waals surface area (Å²) in [6.45, 7) is 6.60. The van der Waals surface area contributed by atoms with Gasteiger partial charge in [-0.1, -0.05) is 20.8 Å². The molecule has 0 aliphatic carbocycles. The van der Waals surface area contributed by atoms with E-state index in [0.29, 0.717) is 12.5 Å². The second kappa shape index (κ2) is 6.40. The molecule has 0 aromatic heterocycles. The second-order valence-electron chi connectivity index (χ2n) is 2.96. The lowest BCUT2D eigenvalue weighted by atomic mass is 9.98. The van der Waals surface area contributed by atoms with E-state index < -0.39 is 6.10 Å². The summed E-state index contributed by atoms with van der Waals surface area (Å²) < 4.78 is 5.15. The molecule has 0 aromatic rings. The van der Waals surface area contributed by atoms with Crippen molar-refractivity contribution in [1.82, 2.24) is 0 Å². The summed E-state index contributed by atoms with van der Waals surface area (Å²) in [5.74, 6) is 0.415. The first-order chi connectivity index (χ1) is 5.74. The van der Waals surface area contributed by atoms with E-state index in [-0.39, 0.29) is 12.7 Å². The van der Waals surface area contributed by atoms with Gasteiger partial charge in [-0.25, -0.2) is 0 Å². The summed E-state index contributed by atoms with van der Waals surface area (Å²) >= 11 is 0. The number of hydrogen-bond acceptors (Lipinski definition) is 3. The Hall–Kier alpha value is -0.120. The summed E-state index contributed by atoms with van der Waals surface area (Å²) in [4.78, 5) is 0. The molecule has 1 heterocycles. The normalized spacial score (nSPS) is 35.2. The number of ether oxygens (including phenoxy) is 1. The fourth-order valence-corrected chi connectivity index (χ4v) is 1.21. The van der Waals surface area contributed by atoms with E-state index >= 15 is 0 Å². The largest absolute Gasteiger partial charge is 0.394 e. The van der Waals surface area contributed by atoms with Crippen LogP contribution in [-0.2, 0) is 4.74 Å². The Morgan fingerprint density at radius 2 is 2.00 bits per heavy atom. The van der Waals surface area contributed by atoms with E-state index in [0.717, 1.165) is 6.42 Å². The van der Waals surface area contributed by atoms with Crippen molar-refractivity contribution in [3.63, 3.8) is 0 Å². The van der Waals surface area contributed by atoms with Gasteiger partial charge in [-0.05, 0) is 12.3 Å². The summed E-state index contributed by atoms with van der Waals surface area (Å²) in [5, 5.41) is 17.9. The first kappa shape index (κ1) is 11.9. The van der Waals surface area contributed by atoms with Gasteiger partial charge in [0, 0.05) is 6.61 Å². The van der Waals surface area contributed by atoms with Crippen molar-refractivity contribution in [2.45, 2.75) is 39.4 Å². The summed E-state index contributed by atoms with van der Waals surface area (Å²) in [5.41, 5.74) is 0. The third-order valence-corrected chi connectivity index (χ3v) is 1.85. The molecule has 12 heavy (non-hydrogen) atoms. The van der Waals surface area contributed by atoms with Crippen LogP contribution < -0.4 is 0 Å². The van der Waals surface area contributed by atoms with Crippen molar-refractivity contribution in [1.29, 1.82) is 0 Å². The maximum absolute atomic E-state index is 9.25. The molecule has 1 aliphatic rings. The van der Waals surface area contributed by atoms with Crippen LogP contribution in [0, 0.1) is 5.92 Å². The molecule has 3 unspecified atom stereocenters. The van der Waals surface area contributed by atoms with Crippen LogP contribution in [0.4, 0.5) is 0 Å². The standard InChI is InChI=1S/C7H14O3.C2H6/c1-5-2-6(9)7(3-8)10-4-5;1-2/h5-9H,2-4H2,1H3;1-2H3. The van der Waals surface area contributed by atoms with Crippen LogP contribution >= 0.6 is 0 Å². The molecular weight excluding hydrogens is 156 g/mol. The lowest BCUT2D eigenvalue weighted by Crippen LogP contribution is -2.39. The number of aliphatic hydroxyl groups is 2. The zero-order valence-corrected chi connectivity index (χ0v) is 8.16. The molecular formula is C9H20O3. The van der Waals surface area contributed by atoms with Crippen molar-refractivity contribution in [3.8, 4) is 0 Å². The predicted molar refractivity (Wildman–Crippen MR) is 48.0 cm³/mol. The van der Waals surface area contributed by atoms with Gasteiger partial charge >= 0.3 is 0 Å². The third kappa shape index (κ3) is 3.52. The molecule has 0 saturated carbocycles. The molecule has 1 aliphatic heterocycles. The van der Waals surface area contributed by atoms with Crippen molar-refractivity contribution < 1.29 is 14.9 Å². The van der Waals surface area contributed by atoms with E-state index in [2.05, 4.69) is 0 Å². The molecule has 0 radical (unpaired) electrons. The van der Waals surface area contributed by atoms with Gasteiger partial charge in [-0.2, -0.15) is 0 Å². The molecule has 1 rings (SSSR count). The first-order valence-corrected chi connectivity index (χ1v) is 4.64. The molecule has 74 valence electrons. The number of rotatable bonds is 1. The van der Waals surface area contributed by atoms with Crippen molar-refractivity contribution >= 4 is 0 Å². The van der Waals surface area contributed by atoms with Crippen LogP contribution in [0.2, 0.25) is 0 Å². The van der Waals surface area contributed by atoms with Crippen molar-refractivity contribution in [2.24, 2.45) is 5.92 Å². The van der Waals surface area contributed by atoms with Gasteiger partial charge in [0.05, 0.1) is 12.7 Å². The minimum absolute atomic E-state index is 0.0755. The van der Waals surface area contributed by atoms with Gasteiger partial charge in [0.25, 0.3) is 0 Å². The molecule has 2 N–H and O–H groups in total. The van der Waals surface area contributed by atoms with E-state index in [9.17, 15) is 5.11 Å². The molecule has 1 saturated heterocycles. The highest BCUT2D eigenvalue weighted by molar-refractivity contribution is 4.75. The van der Waals surface area contributed by atoms with E-state index in [4.69, 9.17) is 9.84 Å². The minimum Gasteiger partial charge on any atom is -0.394 e. The second-order valence-corrected chi connectivity index (χ2v) is 2.96. The Kier molecular flexibility index (Phi) is 6.34. The summed E-state index contributed by atoms with van der Waals surface area (Å²) in [6.07, 6.45) is -0.0875. The zero-order chi connectivity index (χ0) is 9.56. The molecule has 3 heteroatoms. The topological polar surface area (TPSA) is 49.7 Å². The Morgan fingerprint density at radius 1 is 1.42 bits per heavy atom. The molecule has 0 amide bonds. The maximum atomic E-state index is 9.25. The summed E-state index contributed by atoms with van der Waals surface area (Å²) in [6, 6.07) is 0. The average molecular weight is 176 g/mol. The molecule has 3 atom stereocenters. The monoisotopic (exact) mass is 176 g/mol. The summed E-state index contributed by atoms with van der Waals surface area (Å²) in [7, 11) is 0. The van der Waals surface area contributed by atoms with Crippen LogP contribution in [0.1, 0.15) is 27.2 Å². The van der Waals surface area contributed by atoms with Gasteiger partial charge in [0.2, 0.25) is 0 Å². The SMILES string of the molecule is CC.CC1COC(CO)C(O)C1. The lowest BCUT2D eigenvalue weighted by molar-refractivity contribution is -0.113. The van der Waals surface area contributed by atoms with Gasteiger partial charge < -0.3 is 14.9 Å². The lowest BCUT2D eigenvalue weighted by Gasteiger charge is -2.30. The maximum Gasteiger partial charge on any atom is 0.106 e. The van der Waals surface area contributed by atoms with Crippen LogP contribution in [0.25, 0.3) is 0 Å². The quantitative estimate of drug-likeness (QED) is 0.621. The Labute approximate surface area is 74.4 Å². The van der Waals surface area contributed by atoms with Crippen molar-refractivity contribution in [3.05, 3.63) is 0 Å². The first-order valence-electron chi connectivity index (χ1n) is 4.64. The predicted octanol–water partition coefficient (Wildman–Crippen LogP) is 0.791. The Morgan fingerprint density at radius 3 is 2.42 bits per heavy atom. The van der Waals surface area contributed by atoms with E-state index in [1.165, 1.54) is 0 Å². The van der Waals surface area contributed by atoms with Crippen LogP contribution in [0.15, 0.2) is 0 Å². The van der Waals surface area contributed by atoms with Gasteiger partial charge in [-0.3, -0.25) is 0 Å². The van der Waals surface area contributed by atoms with Crippen LogP contribution in [-0.4, -0.2) is 35.6 Å². The highest BCUT2D eigenvalue weighted by Crippen LogP contribution is 2.18. The molecule has 1 fully saturated rings. The molecule has 3 nitrogen and oxygen atoms in total. The minimum atomic E-state index is -0.478. The number of hydrogen-bond donors (Lipinski definition) is 2. The highest BCUT2D eigenvalue weighted by atomic mass is 16.5. The van der Waals surface area contributed by atoms with Gasteiger partial charge in [-0.15, -0.1) is 0 Å². The fraction of sp³-hybridized carbons (Fsp3) is 1.00. The third-order valence-electron chi connectivity index (χ3n) is 1.85. The molecule has 0 spiro atoms. The van der Waals surface area contributed by atoms with Gasteiger partial charge in [0.1, 0.15) is 6.10 Å². The Bertz CT molecular complexity index is 106. The fourth-order valence-electron chi connectivity index (χ4n) is 1.21. The number of aliphatic hydroxyl groups excluding tert-OH is 2. The van der Waals surface area contributed by atoms with E-state index in [1.54, 1.807) is 0 Å². The zero-order valence-electron chi connectivity index (χ0n) is 8.16. The molecule has 0 bridgehead atoms. The van der Waals surface area contributed by atoms with Gasteiger partial charge in [0.15, 0.2) is 0 Å². The van der Waals surface area contributed by atoms with Crippen LogP contribution in [0.5, 0.6) is 0 Å². The smallest absolute Gasteiger partial charge is 0.106 e. The van der Waals surface area contributed by atoms with Crippen LogP contribution in [0.3, 0.4) is 0 Å². The average Bonchev–Trinajstić information content (AvgIpc) is 2.08. The van der Waals surface area contributed by atoms with E-state index in [1.807, 2.05) is 20.8 Å². The Balaban J connectivity index is 0.000000561.